The molecule has 0 aromatic heterocycles. The minimum absolute atomic E-state index is 0.0818. The Bertz CT molecular complexity index is 922. The lowest BCUT2D eigenvalue weighted by Crippen LogP contribution is -2.63. The van der Waals surface area contributed by atoms with Crippen LogP contribution >= 0.6 is 0 Å². The van der Waals surface area contributed by atoms with Crippen molar-refractivity contribution in [1.82, 2.24) is 0 Å². The minimum Gasteiger partial charge on any atom is -0.458 e. The van der Waals surface area contributed by atoms with Crippen LogP contribution in [-0.2, 0) is 33.3 Å². The lowest BCUT2D eigenvalue weighted by atomic mass is 9.45. The normalized spacial score (nSPS) is 37.8. The number of hydrogen-bond donors (Lipinski definition) is 1. The predicted molar refractivity (Wildman–Crippen MR) is 127 cm³/mol. The van der Waals surface area contributed by atoms with Crippen LogP contribution in [0.4, 0.5) is 0 Å². The van der Waals surface area contributed by atoms with Gasteiger partial charge in [0.2, 0.25) is 12.6 Å². The Morgan fingerprint density at radius 1 is 1.20 bits per heavy atom. The highest BCUT2D eigenvalue weighted by molar-refractivity contribution is 5.69. The van der Waals surface area contributed by atoms with Gasteiger partial charge in [-0.05, 0) is 49.0 Å². The molecule has 1 spiro atoms. The maximum atomic E-state index is 12.2. The predicted octanol–water partition coefficient (Wildman–Crippen LogP) is 3.98. The maximum Gasteiger partial charge on any atom is 0.306 e. The number of carbonyl (C=O) groups excluding carboxylic acids is 3. The molecular weight excluding hydrogens is 452 g/mol. The number of ether oxygens (including phenoxy) is 4. The summed E-state index contributed by atoms with van der Waals surface area (Å²) in [5.74, 6) is -1.74. The molecule has 1 saturated carbocycles. The SMILES string of the molecule is C=CC(=C)CCC1(C)C(C)CC(O)C23C(=C[C@H](OC(=O)CC)CC12)[C@@H](OC(C)=O)O[C@H]3OC(C)=O. The van der Waals surface area contributed by atoms with Crippen LogP contribution in [0, 0.1) is 22.7 Å². The van der Waals surface area contributed by atoms with E-state index in [1.54, 1.807) is 19.1 Å². The molecule has 2 aliphatic carbocycles. The zero-order valence-electron chi connectivity index (χ0n) is 21.4. The topological polar surface area (TPSA) is 108 Å². The number of aliphatic hydroxyl groups is 1. The van der Waals surface area contributed by atoms with Gasteiger partial charge in [-0.1, -0.05) is 45.6 Å². The van der Waals surface area contributed by atoms with Crippen LogP contribution in [0.1, 0.15) is 66.7 Å². The molecule has 35 heavy (non-hydrogen) atoms. The van der Waals surface area contributed by atoms with E-state index in [-0.39, 0.29) is 29.6 Å². The van der Waals surface area contributed by atoms with E-state index in [9.17, 15) is 19.5 Å². The first-order chi connectivity index (χ1) is 16.4. The molecule has 1 aliphatic heterocycles. The summed E-state index contributed by atoms with van der Waals surface area (Å²) in [6, 6.07) is 0. The molecule has 1 heterocycles. The standard InChI is InChI=1S/C27H38O8/c1-8-15(3)10-11-26(7)16(4)12-22(30)27-20(13-19(14-21(26)27)34-23(31)9-2)24(32-17(5)28)35-25(27)33-18(6)29/h8,13,16,19,21-22,24-25,30H,1,3,9-12,14H2,2,4-7H3/t16?,19-,21?,22?,24-,25+,26?,27?/m0/s1. The van der Waals surface area contributed by atoms with Gasteiger partial charge in [0.1, 0.15) is 6.10 Å². The molecule has 5 unspecified atom stereocenters. The van der Waals surface area contributed by atoms with Gasteiger partial charge in [0.15, 0.2) is 0 Å². The Kier molecular flexibility index (Phi) is 7.96. The van der Waals surface area contributed by atoms with Crippen molar-refractivity contribution in [2.45, 2.75) is 91.5 Å². The Labute approximate surface area is 207 Å². The maximum absolute atomic E-state index is 12.2. The average Bonchev–Trinajstić information content (AvgIpc) is 3.07. The second-order valence-corrected chi connectivity index (χ2v) is 10.3. The summed E-state index contributed by atoms with van der Waals surface area (Å²) in [6.07, 6.45) is 2.05. The summed E-state index contributed by atoms with van der Waals surface area (Å²) in [5, 5.41) is 11.6. The van der Waals surface area contributed by atoms with E-state index in [2.05, 4.69) is 27.0 Å². The quantitative estimate of drug-likeness (QED) is 0.236. The van der Waals surface area contributed by atoms with E-state index in [0.29, 0.717) is 24.8 Å². The number of esters is 3. The van der Waals surface area contributed by atoms with Crippen LogP contribution in [0.2, 0.25) is 0 Å². The molecule has 8 atom stereocenters. The molecule has 0 bridgehead atoms. The summed E-state index contributed by atoms with van der Waals surface area (Å²) in [6.45, 7) is 16.4. The van der Waals surface area contributed by atoms with Gasteiger partial charge in [0.25, 0.3) is 0 Å². The fourth-order valence-corrected chi connectivity index (χ4v) is 6.27. The second kappa shape index (κ2) is 10.3. The van der Waals surface area contributed by atoms with Crippen molar-refractivity contribution in [3.8, 4) is 0 Å². The molecular formula is C27H38O8. The third-order valence-electron chi connectivity index (χ3n) is 8.24. The van der Waals surface area contributed by atoms with Crippen molar-refractivity contribution >= 4 is 17.9 Å². The number of aliphatic hydroxyl groups excluding tert-OH is 1. The summed E-state index contributed by atoms with van der Waals surface area (Å²) >= 11 is 0. The van der Waals surface area contributed by atoms with Crippen molar-refractivity contribution in [1.29, 1.82) is 0 Å². The van der Waals surface area contributed by atoms with Crippen molar-refractivity contribution < 1.29 is 38.4 Å². The zero-order chi connectivity index (χ0) is 26.1. The first-order valence-electron chi connectivity index (χ1n) is 12.3. The van der Waals surface area contributed by atoms with Crippen LogP contribution in [0.15, 0.2) is 36.5 Å². The van der Waals surface area contributed by atoms with Gasteiger partial charge >= 0.3 is 17.9 Å². The number of carbonyl (C=O) groups is 3. The summed E-state index contributed by atoms with van der Waals surface area (Å²) in [5.41, 5.74) is -0.153. The van der Waals surface area contributed by atoms with E-state index in [0.717, 1.165) is 12.0 Å². The molecule has 0 aromatic rings. The van der Waals surface area contributed by atoms with Crippen LogP contribution in [0.3, 0.4) is 0 Å². The lowest BCUT2D eigenvalue weighted by molar-refractivity contribution is -0.254. The average molecular weight is 491 g/mol. The van der Waals surface area contributed by atoms with Gasteiger partial charge in [0.05, 0.1) is 11.5 Å². The minimum atomic E-state index is -1.17. The summed E-state index contributed by atoms with van der Waals surface area (Å²) in [4.78, 5) is 36.3. The smallest absolute Gasteiger partial charge is 0.306 e. The van der Waals surface area contributed by atoms with Gasteiger partial charge in [-0.3, -0.25) is 19.1 Å². The highest BCUT2D eigenvalue weighted by Crippen LogP contribution is 2.67. The molecule has 194 valence electrons. The molecule has 3 aliphatic rings. The molecule has 0 radical (unpaired) electrons. The molecule has 8 heteroatoms. The Morgan fingerprint density at radius 3 is 2.43 bits per heavy atom. The largest absolute Gasteiger partial charge is 0.458 e. The Hall–Kier alpha value is -2.45. The second-order valence-electron chi connectivity index (χ2n) is 10.3. The lowest BCUT2D eigenvalue weighted by Gasteiger charge is -2.60. The van der Waals surface area contributed by atoms with E-state index >= 15 is 0 Å². The van der Waals surface area contributed by atoms with Gasteiger partial charge in [-0.15, -0.1) is 0 Å². The number of hydrogen-bond acceptors (Lipinski definition) is 8. The fraction of sp³-hybridized carbons (Fsp3) is 0.667. The zero-order valence-corrected chi connectivity index (χ0v) is 21.4. The summed E-state index contributed by atoms with van der Waals surface area (Å²) in [7, 11) is 0. The van der Waals surface area contributed by atoms with Gasteiger partial charge in [-0.25, -0.2) is 0 Å². The van der Waals surface area contributed by atoms with Crippen molar-refractivity contribution in [2.75, 3.05) is 0 Å². The van der Waals surface area contributed by atoms with E-state index in [1.807, 2.05) is 0 Å². The van der Waals surface area contributed by atoms with E-state index in [1.165, 1.54) is 13.8 Å². The number of allylic oxidation sites excluding steroid dienone is 2. The van der Waals surface area contributed by atoms with E-state index in [4.69, 9.17) is 18.9 Å². The summed E-state index contributed by atoms with van der Waals surface area (Å²) < 4.78 is 22.9. The van der Waals surface area contributed by atoms with Crippen LogP contribution < -0.4 is 0 Å². The molecule has 3 rings (SSSR count). The Balaban J connectivity index is 2.19. The van der Waals surface area contributed by atoms with Crippen LogP contribution in [0.25, 0.3) is 0 Å². The third-order valence-corrected chi connectivity index (χ3v) is 8.24. The highest BCUT2D eigenvalue weighted by atomic mass is 16.8. The van der Waals surface area contributed by atoms with Gasteiger partial charge in [-0.2, -0.15) is 0 Å². The molecule has 1 N–H and O–H groups in total. The molecule has 0 amide bonds. The van der Waals surface area contributed by atoms with Crippen molar-refractivity contribution in [2.24, 2.45) is 22.7 Å². The number of rotatable bonds is 8. The van der Waals surface area contributed by atoms with Gasteiger partial charge < -0.3 is 19.3 Å². The van der Waals surface area contributed by atoms with E-state index < -0.39 is 42.1 Å². The highest BCUT2D eigenvalue weighted by Gasteiger charge is 2.71. The first kappa shape index (κ1) is 27.1. The Morgan fingerprint density at radius 2 is 1.86 bits per heavy atom. The molecule has 1 saturated heterocycles. The van der Waals surface area contributed by atoms with Crippen molar-refractivity contribution in [3.63, 3.8) is 0 Å². The molecule has 0 aromatic carbocycles. The van der Waals surface area contributed by atoms with Gasteiger partial charge in [0, 0.05) is 25.8 Å². The van der Waals surface area contributed by atoms with Crippen LogP contribution in [-0.4, -0.2) is 47.8 Å². The molecule has 8 nitrogen and oxygen atoms in total. The first-order valence-corrected chi connectivity index (χ1v) is 12.3. The fourth-order valence-electron chi connectivity index (χ4n) is 6.27. The monoisotopic (exact) mass is 490 g/mol. The third kappa shape index (κ3) is 4.83. The van der Waals surface area contributed by atoms with Crippen molar-refractivity contribution in [3.05, 3.63) is 36.5 Å². The van der Waals surface area contributed by atoms with Crippen LogP contribution in [0.5, 0.6) is 0 Å². The molecule has 2 fully saturated rings.